The van der Waals surface area contributed by atoms with Crippen LogP contribution in [0.25, 0.3) is 22.2 Å². The van der Waals surface area contributed by atoms with Crippen LogP contribution in [0.5, 0.6) is 0 Å². The molecule has 25 heavy (non-hydrogen) atoms. The van der Waals surface area contributed by atoms with Crippen molar-refractivity contribution in [3.63, 3.8) is 0 Å². The van der Waals surface area contributed by atoms with Crippen LogP contribution in [-0.4, -0.2) is 21.5 Å². The molecule has 4 rings (SSSR count). The van der Waals surface area contributed by atoms with Gasteiger partial charge in [0.15, 0.2) is 0 Å². The molecule has 0 aliphatic heterocycles. The summed E-state index contributed by atoms with van der Waals surface area (Å²) in [5.41, 5.74) is 4.98. The molecule has 0 aliphatic carbocycles. The molecule has 0 spiro atoms. The number of furan rings is 1. The first kappa shape index (κ1) is 15.3. The lowest BCUT2D eigenvalue weighted by atomic mass is 10.1. The SMILES string of the molecule is Cc1ccc(-c2cc(NCCc3cccc4ccoc34)ncn2)cn1. The molecule has 3 aromatic heterocycles. The number of fused-ring (bicyclic) bond motifs is 1. The number of benzene rings is 1. The van der Waals surface area contributed by atoms with E-state index in [-0.39, 0.29) is 0 Å². The zero-order valence-corrected chi connectivity index (χ0v) is 13.9. The first-order chi connectivity index (χ1) is 12.3. The fourth-order valence-electron chi connectivity index (χ4n) is 2.81. The van der Waals surface area contributed by atoms with Gasteiger partial charge in [0.2, 0.25) is 0 Å². The van der Waals surface area contributed by atoms with Crippen molar-refractivity contribution >= 4 is 16.8 Å². The third kappa shape index (κ3) is 3.35. The molecule has 5 heteroatoms. The number of nitrogens with one attached hydrogen (secondary N) is 1. The van der Waals surface area contributed by atoms with Crippen molar-refractivity contribution in [2.45, 2.75) is 13.3 Å². The minimum atomic E-state index is 0.766. The summed E-state index contributed by atoms with van der Waals surface area (Å²) in [6.45, 7) is 2.73. The van der Waals surface area contributed by atoms with Crippen LogP contribution < -0.4 is 5.32 Å². The van der Waals surface area contributed by atoms with E-state index in [0.717, 1.165) is 46.7 Å². The first-order valence-corrected chi connectivity index (χ1v) is 8.24. The third-order valence-corrected chi connectivity index (χ3v) is 4.14. The maximum atomic E-state index is 5.58. The van der Waals surface area contributed by atoms with E-state index < -0.39 is 0 Å². The Hall–Kier alpha value is -3.21. The summed E-state index contributed by atoms with van der Waals surface area (Å²) in [5.74, 6) is 0.803. The summed E-state index contributed by atoms with van der Waals surface area (Å²) in [6, 6.07) is 14.1. The van der Waals surface area contributed by atoms with Gasteiger partial charge in [0.25, 0.3) is 0 Å². The topological polar surface area (TPSA) is 63.8 Å². The number of hydrogen-bond acceptors (Lipinski definition) is 5. The standard InChI is InChI=1S/C20H18N4O/c1-14-5-6-17(12-22-14)18-11-19(24-13-23-18)21-9-7-15-3-2-4-16-8-10-25-20(15)16/h2-6,8,10-13H,7,9H2,1H3,(H,21,23,24). The van der Waals surface area contributed by atoms with Gasteiger partial charge in [-0.25, -0.2) is 9.97 Å². The Balaban J connectivity index is 1.45. The minimum Gasteiger partial charge on any atom is -0.464 e. The van der Waals surface area contributed by atoms with Gasteiger partial charge < -0.3 is 9.73 Å². The molecule has 0 saturated heterocycles. The van der Waals surface area contributed by atoms with Gasteiger partial charge in [-0.2, -0.15) is 0 Å². The first-order valence-electron chi connectivity index (χ1n) is 8.24. The predicted octanol–water partition coefficient (Wildman–Crippen LogP) is 4.25. The molecule has 0 unspecified atom stereocenters. The number of aryl methyl sites for hydroxylation is 1. The molecule has 0 fully saturated rings. The number of anilines is 1. The highest BCUT2D eigenvalue weighted by Crippen LogP contribution is 2.21. The van der Waals surface area contributed by atoms with Crippen molar-refractivity contribution in [2.75, 3.05) is 11.9 Å². The lowest BCUT2D eigenvalue weighted by molar-refractivity contribution is 0.611. The lowest BCUT2D eigenvalue weighted by Gasteiger charge is -2.07. The largest absolute Gasteiger partial charge is 0.464 e. The van der Waals surface area contributed by atoms with Gasteiger partial charge in [-0.15, -0.1) is 0 Å². The van der Waals surface area contributed by atoms with Crippen molar-refractivity contribution in [3.8, 4) is 11.3 Å². The average molecular weight is 330 g/mol. The van der Waals surface area contributed by atoms with Crippen LogP contribution in [0.1, 0.15) is 11.3 Å². The number of aromatic nitrogens is 3. The Morgan fingerprint density at radius 3 is 2.88 bits per heavy atom. The van der Waals surface area contributed by atoms with Crippen molar-refractivity contribution in [3.05, 3.63) is 72.5 Å². The molecule has 0 atom stereocenters. The van der Waals surface area contributed by atoms with Crippen LogP contribution in [-0.2, 0) is 6.42 Å². The molecule has 0 radical (unpaired) electrons. The quantitative estimate of drug-likeness (QED) is 0.593. The van der Waals surface area contributed by atoms with Crippen LogP contribution >= 0.6 is 0 Å². The molecule has 1 N–H and O–H groups in total. The van der Waals surface area contributed by atoms with Crippen LogP contribution in [0.15, 0.2) is 65.7 Å². The van der Waals surface area contributed by atoms with Crippen molar-refractivity contribution in [1.29, 1.82) is 0 Å². The molecule has 0 amide bonds. The summed E-state index contributed by atoms with van der Waals surface area (Å²) in [6.07, 6.45) is 5.99. The maximum Gasteiger partial charge on any atom is 0.137 e. The van der Waals surface area contributed by atoms with Crippen molar-refractivity contribution in [2.24, 2.45) is 0 Å². The third-order valence-electron chi connectivity index (χ3n) is 4.14. The van der Waals surface area contributed by atoms with Gasteiger partial charge in [-0.1, -0.05) is 18.2 Å². The molecule has 5 nitrogen and oxygen atoms in total. The summed E-state index contributed by atoms with van der Waals surface area (Å²) < 4.78 is 5.58. The summed E-state index contributed by atoms with van der Waals surface area (Å²) in [4.78, 5) is 13.0. The second-order valence-electron chi connectivity index (χ2n) is 5.91. The van der Waals surface area contributed by atoms with E-state index in [2.05, 4.69) is 38.5 Å². The van der Waals surface area contributed by atoms with Crippen LogP contribution in [0.3, 0.4) is 0 Å². The molecule has 4 aromatic rings. The molecular weight excluding hydrogens is 312 g/mol. The normalized spacial score (nSPS) is 10.9. The molecule has 0 aliphatic rings. The second kappa shape index (κ2) is 6.73. The number of pyridine rings is 1. The monoisotopic (exact) mass is 330 g/mol. The second-order valence-corrected chi connectivity index (χ2v) is 5.91. The highest BCUT2D eigenvalue weighted by molar-refractivity contribution is 5.80. The minimum absolute atomic E-state index is 0.766. The fourth-order valence-corrected chi connectivity index (χ4v) is 2.81. The summed E-state index contributed by atoms with van der Waals surface area (Å²) >= 11 is 0. The predicted molar refractivity (Wildman–Crippen MR) is 98.4 cm³/mol. The Morgan fingerprint density at radius 2 is 2.00 bits per heavy atom. The van der Waals surface area contributed by atoms with E-state index >= 15 is 0 Å². The Labute approximate surface area is 145 Å². The van der Waals surface area contributed by atoms with Gasteiger partial charge in [-0.3, -0.25) is 4.98 Å². The van der Waals surface area contributed by atoms with Gasteiger partial charge in [0, 0.05) is 35.5 Å². The molecule has 124 valence electrons. The van der Waals surface area contributed by atoms with Crippen LogP contribution in [0.2, 0.25) is 0 Å². The zero-order valence-electron chi connectivity index (χ0n) is 13.9. The van der Waals surface area contributed by atoms with Gasteiger partial charge in [0.1, 0.15) is 17.7 Å². The van der Waals surface area contributed by atoms with Gasteiger partial charge >= 0.3 is 0 Å². The van der Waals surface area contributed by atoms with Crippen molar-refractivity contribution < 1.29 is 4.42 Å². The molecule has 1 aromatic carbocycles. The molecular formula is C20H18N4O. The Kier molecular flexibility index (Phi) is 4.12. The number of rotatable bonds is 5. The smallest absolute Gasteiger partial charge is 0.137 e. The zero-order chi connectivity index (χ0) is 17.1. The van der Waals surface area contributed by atoms with E-state index in [4.69, 9.17) is 4.42 Å². The van der Waals surface area contributed by atoms with Gasteiger partial charge in [0.05, 0.1) is 12.0 Å². The van der Waals surface area contributed by atoms with E-state index in [9.17, 15) is 0 Å². The fraction of sp³-hybridized carbons (Fsp3) is 0.150. The van der Waals surface area contributed by atoms with E-state index in [1.807, 2.05) is 37.4 Å². The van der Waals surface area contributed by atoms with E-state index in [0.29, 0.717) is 0 Å². The summed E-state index contributed by atoms with van der Waals surface area (Å²) in [5, 5.41) is 4.49. The highest BCUT2D eigenvalue weighted by Gasteiger charge is 2.05. The summed E-state index contributed by atoms with van der Waals surface area (Å²) in [7, 11) is 0. The Morgan fingerprint density at radius 1 is 1.04 bits per heavy atom. The lowest BCUT2D eigenvalue weighted by Crippen LogP contribution is -2.07. The number of hydrogen-bond donors (Lipinski definition) is 1. The Bertz CT molecular complexity index is 992. The molecule has 0 bridgehead atoms. The van der Waals surface area contributed by atoms with Crippen LogP contribution in [0, 0.1) is 6.92 Å². The van der Waals surface area contributed by atoms with Crippen LogP contribution in [0.4, 0.5) is 5.82 Å². The van der Waals surface area contributed by atoms with E-state index in [1.54, 1.807) is 12.6 Å². The maximum absolute atomic E-state index is 5.58. The number of para-hydroxylation sites is 1. The van der Waals surface area contributed by atoms with Crippen molar-refractivity contribution in [1.82, 2.24) is 15.0 Å². The highest BCUT2D eigenvalue weighted by atomic mass is 16.3. The molecule has 3 heterocycles. The number of nitrogens with zero attached hydrogens (tertiary/aromatic N) is 3. The average Bonchev–Trinajstić information content (AvgIpc) is 3.12. The molecule has 0 saturated carbocycles. The van der Waals surface area contributed by atoms with E-state index in [1.165, 1.54) is 5.56 Å². The van der Waals surface area contributed by atoms with Gasteiger partial charge in [-0.05, 0) is 37.1 Å².